The molecule has 3 nitrogen and oxygen atoms in total. The van der Waals surface area contributed by atoms with Gasteiger partial charge in [-0.2, -0.15) is 0 Å². The van der Waals surface area contributed by atoms with Gasteiger partial charge < -0.3 is 14.2 Å². The summed E-state index contributed by atoms with van der Waals surface area (Å²) in [5, 5.41) is 0. The predicted molar refractivity (Wildman–Crippen MR) is 75.6 cm³/mol. The first kappa shape index (κ1) is 14.4. The van der Waals surface area contributed by atoms with Crippen LogP contribution >= 0.6 is 0 Å². The Balaban J connectivity index is 1.84. The lowest BCUT2D eigenvalue weighted by Crippen LogP contribution is -2.30. The fourth-order valence-corrected chi connectivity index (χ4v) is 2.08. The van der Waals surface area contributed by atoms with Crippen LogP contribution in [-0.4, -0.2) is 25.9 Å². The topological polar surface area (TPSA) is 27.7 Å². The second-order valence-corrected chi connectivity index (χ2v) is 4.96. The molecule has 0 saturated carbocycles. The molecule has 2 unspecified atom stereocenters. The van der Waals surface area contributed by atoms with Gasteiger partial charge >= 0.3 is 0 Å². The van der Waals surface area contributed by atoms with Crippen LogP contribution in [0.4, 0.5) is 0 Å². The summed E-state index contributed by atoms with van der Waals surface area (Å²) in [5.41, 5.74) is 1.16. The van der Waals surface area contributed by atoms with E-state index in [2.05, 4.69) is 26.0 Å². The zero-order valence-corrected chi connectivity index (χ0v) is 11.9. The van der Waals surface area contributed by atoms with Crippen LogP contribution in [0.3, 0.4) is 0 Å². The third-order valence-corrected chi connectivity index (χ3v) is 3.44. The summed E-state index contributed by atoms with van der Waals surface area (Å²) in [6.45, 7) is 6.41. The second kappa shape index (κ2) is 7.51. The Labute approximate surface area is 115 Å². The Morgan fingerprint density at radius 3 is 2.47 bits per heavy atom. The molecule has 0 aliphatic carbocycles. The number of rotatable bonds is 6. The molecule has 19 heavy (non-hydrogen) atoms. The van der Waals surface area contributed by atoms with E-state index in [1.165, 1.54) is 0 Å². The Kier molecular flexibility index (Phi) is 5.67. The lowest BCUT2D eigenvalue weighted by Gasteiger charge is -2.29. The highest BCUT2D eigenvalue weighted by molar-refractivity contribution is 5.28. The molecule has 0 bridgehead atoms. The highest BCUT2D eigenvalue weighted by Gasteiger charge is 2.22. The summed E-state index contributed by atoms with van der Waals surface area (Å²) in [5.74, 6) is 0.931. The van der Waals surface area contributed by atoms with Crippen molar-refractivity contribution in [3.8, 4) is 5.75 Å². The SMILES string of the molecule is CCCCOc1ccc(C2COC(CC)CO2)cc1. The molecule has 1 aromatic rings. The fourth-order valence-electron chi connectivity index (χ4n) is 2.08. The molecule has 106 valence electrons. The molecule has 3 heteroatoms. The average molecular weight is 264 g/mol. The first-order chi connectivity index (χ1) is 9.33. The van der Waals surface area contributed by atoms with Crippen molar-refractivity contribution in [1.29, 1.82) is 0 Å². The molecule has 0 amide bonds. The molecule has 1 fully saturated rings. The van der Waals surface area contributed by atoms with Crippen LogP contribution in [-0.2, 0) is 9.47 Å². The minimum Gasteiger partial charge on any atom is -0.494 e. The van der Waals surface area contributed by atoms with Gasteiger partial charge in [0.15, 0.2) is 0 Å². The molecule has 1 aromatic carbocycles. The van der Waals surface area contributed by atoms with E-state index >= 15 is 0 Å². The minimum atomic E-state index is 0.0625. The number of hydrogen-bond acceptors (Lipinski definition) is 3. The van der Waals surface area contributed by atoms with Gasteiger partial charge in [0, 0.05) is 0 Å². The van der Waals surface area contributed by atoms with Crippen molar-refractivity contribution >= 4 is 0 Å². The van der Waals surface area contributed by atoms with Crippen molar-refractivity contribution in [1.82, 2.24) is 0 Å². The average Bonchev–Trinajstić information content (AvgIpc) is 2.48. The van der Waals surface area contributed by atoms with E-state index in [0.717, 1.165) is 37.2 Å². The summed E-state index contributed by atoms with van der Waals surface area (Å²) in [4.78, 5) is 0. The van der Waals surface area contributed by atoms with Crippen molar-refractivity contribution in [3.05, 3.63) is 29.8 Å². The third kappa shape index (κ3) is 4.22. The maximum Gasteiger partial charge on any atom is 0.119 e. The molecule has 0 N–H and O–H groups in total. The lowest BCUT2D eigenvalue weighted by atomic mass is 10.1. The van der Waals surface area contributed by atoms with E-state index in [9.17, 15) is 0 Å². The molecule has 0 radical (unpaired) electrons. The summed E-state index contributed by atoms with van der Waals surface area (Å²) in [6, 6.07) is 8.17. The Morgan fingerprint density at radius 1 is 1.11 bits per heavy atom. The smallest absolute Gasteiger partial charge is 0.119 e. The van der Waals surface area contributed by atoms with Crippen LogP contribution in [0.15, 0.2) is 24.3 Å². The number of unbranched alkanes of at least 4 members (excludes halogenated alkanes) is 1. The first-order valence-corrected chi connectivity index (χ1v) is 7.29. The summed E-state index contributed by atoms with van der Waals surface area (Å²) in [7, 11) is 0. The molecular formula is C16H24O3. The Bertz CT molecular complexity index is 353. The van der Waals surface area contributed by atoms with Gasteiger partial charge in [0.1, 0.15) is 11.9 Å². The van der Waals surface area contributed by atoms with Gasteiger partial charge in [-0.15, -0.1) is 0 Å². The van der Waals surface area contributed by atoms with Crippen LogP contribution < -0.4 is 4.74 Å². The maximum absolute atomic E-state index is 5.84. The van der Waals surface area contributed by atoms with E-state index in [4.69, 9.17) is 14.2 Å². The van der Waals surface area contributed by atoms with Crippen LogP contribution in [0, 0.1) is 0 Å². The normalized spacial score (nSPS) is 23.3. The van der Waals surface area contributed by atoms with E-state index in [1.807, 2.05) is 12.1 Å². The van der Waals surface area contributed by atoms with Gasteiger partial charge in [-0.3, -0.25) is 0 Å². The number of ether oxygens (including phenoxy) is 3. The van der Waals surface area contributed by atoms with Crippen LogP contribution in [0.25, 0.3) is 0 Å². The molecule has 1 saturated heterocycles. The molecule has 2 atom stereocenters. The van der Waals surface area contributed by atoms with Gasteiger partial charge in [-0.25, -0.2) is 0 Å². The highest BCUT2D eigenvalue weighted by atomic mass is 16.6. The molecule has 1 aliphatic rings. The van der Waals surface area contributed by atoms with Crippen molar-refractivity contribution in [2.24, 2.45) is 0 Å². The van der Waals surface area contributed by atoms with Crippen LogP contribution in [0.2, 0.25) is 0 Å². The molecular weight excluding hydrogens is 240 g/mol. The fraction of sp³-hybridized carbons (Fsp3) is 0.625. The van der Waals surface area contributed by atoms with Gasteiger partial charge in [-0.1, -0.05) is 32.4 Å². The zero-order chi connectivity index (χ0) is 13.5. The van der Waals surface area contributed by atoms with E-state index in [-0.39, 0.29) is 12.2 Å². The quantitative estimate of drug-likeness (QED) is 0.733. The monoisotopic (exact) mass is 264 g/mol. The van der Waals surface area contributed by atoms with E-state index in [1.54, 1.807) is 0 Å². The minimum absolute atomic E-state index is 0.0625. The number of benzene rings is 1. The molecule has 0 aromatic heterocycles. The molecule has 0 spiro atoms. The lowest BCUT2D eigenvalue weighted by molar-refractivity contribution is -0.135. The largest absolute Gasteiger partial charge is 0.494 e. The van der Waals surface area contributed by atoms with Crippen molar-refractivity contribution in [3.63, 3.8) is 0 Å². The van der Waals surface area contributed by atoms with Gasteiger partial charge in [0.05, 0.1) is 25.9 Å². The standard InChI is InChI=1S/C16H24O3/c1-3-5-10-17-15-8-6-13(7-9-15)16-12-18-14(4-2)11-19-16/h6-9,14,16H,3-5,10-12H2,1-2H3. The van der Waals surface area contributed by atoms with Crippen LogP contribution in [0.5, 0.6) is 5.75 Å². The maximum atomic E-state index is 5.84. The van der Waals surface area contributed by atoms with Crippen molar-refractivity contribution in [2.45, 2.75) is 45.3 Å². The molecule has 2 rings (SSSR count). The zero-order valence-electron chi connectivity index (χ0n) is 11.9. The Hall–Kier alpha value is -1.06. The molecule has 1 heterocycles. The second-order valence-electron chi connectivity index (χ2n) is 4.96. The van der Waals surface area contributed by atoms with E-state index < -0.39 is 0 Å². The van der Waals surface area contributed by atoms with Gasteiger partial charge in [0.2, 0.25) is 0 Å². The Morgan fingerprint density at radius 2 is 1.89 bits per heavy atom. The summed E-state index contributed by atoms with van der Waals surface area (Å²) < 4.78 is 17.2. The summed E-state index contributed by atoms with van der Waals surface area (Å²) >= 11 is 0. The van der Waals surface area contributed by atoms with Crippen molar-refractivity contribution in [2.75, 3.05) is 19.8 Å². The first-order valence-electron chi connectivity index (χ1n) is 7.29. The summed E-state index contributed by atoms with van der Waals surface area (Å²) in [6.07, 6.45) is 3.58. The molecule has 1 aliphatic heterocycles. The van der Waals surface area contributed by atoms with Crippen molar-refractivity contribution < 1.29 is 14.2 Å². The predicted octanol–water partition coefficient (Wildman–Crippen LogP) is 3.73. The van der Waals surface area contributed by atoms with Gasteiger partial charge in [0.25, 0.3) is 0 Å². The number of hydrogen-bond donors (Lipinski definition) is 0. The third-order valence-electron chi connectivity index (χ3n) is 3.44. The van der Waals surface area contributed by atoms with Crippen LogP contribution in [0.1, 0.15) is 44.8 Å². The highest BCUT2D eigenvalue weighted by Crippen LogP contribution is 2.25. The van der Waals surface area contributed by atoms with E-state index in [0.29, 0.717) is 13.2 Å². The van der Waals surface area contributed by atoms with Gasteiger partial charge in [-0.05, 0) is 30.5 Å².